The topological polar surface area (TPSA) is 53.5 Å². The van der Waals surface area contributed by atoms with Crippen LogP contribution < -0.4 is 0 Å². The number of amides is 2. The lowest BCUT2D eigenvalue weighted by Crippen LogP contribution is -2.38. The molecule has 0 radical (unpaired) electrons. The molecule has 1 aliphatic heterocycles. The van der Waals surface area contributed by atoms with Crippen LogP contribution in [-0.2, 0) is 4.79 Å². The van der Waals surface area contributed by atoms with Gasteiger partial charge < -0.3 is 9.80 Å². The molecule has 0 N–H and O–H groups in total. The van der Waals surface area contributed by atoms with E-state index in [1.54, 1.807) is 11.9 Å². The SMILES string of the molecule is CN1CCCN(C(=O)c2cccnc2F)CC1=O. The monoisotopic (exact) mass is 251 g/mol. The minimum Gasteiger partial charge on any atom is -0.344 e. The van der Waals surface area contributed by atoms with Crippen molar-refractivity contribution in [3.63, 3.8) is 0 Å². The molecule has 0 spiro atoms. The highest BCUT2D eigenvalue weighted by Gasteiger charge is 2.25. The van der Waals surface area contributed by atoms with Crippen molar-refractivity contribution in [2.75, 3.05) is 26.7 Å². The van der Waals surface area contributed by atoms with E-state index in [-0.39, 0.29) is 18.0 Å². The van der Waals surface area contributed by atoms with Crippen molar-refractivity contribution in [2.24, 2.45) is 0 Å². The molecule has 0 unspecified atom stereocenters. The third kappa shape index (κ3) is 2.47. The molecule has 0 aromatic carbocycles. The molecule has 2 heterocycles. The van der Waals surface area contributed by atoms with Crippen LogP contribution in [0, 0.1) is 5.95 Å². The highest BCUT2D eigenvalue weighted by atomic mass is 19.1. The molecule has 0 saturated carbocycles. The second kappa shape index (κ2) is 5.12. The third-order valence-corrected chi connectivity index (χ3v) is 2.95. The summed E-state index contributed by atoms with van der Waals surface area (Å²) in [5.74, 6) is -1.41. The lowest BCUT2D eigenvalue weighted by molar-refractivity contribution is -0.129. The number of hydrogen-bond acceptors (Lipinski definition) is 3. The summed E-state index contributed by atoms with van der Waals surface area (Å²) in [4.78, 5) is 30.2. The molecule has 2 rings (SSSR count). The average molecular weight is 251 g/mol. The zero-order valence-electron chi connectivity index (χ0n) is 10.1. The van der Waals surface area contributed by atoms with Crippen molar-refractivity contribution in [1.29, 1.82) is 0 Å². The Morgan fingerprint density at radius 1 is 1.44 bits per heavy atom. The van der Waals surface area contributed by atoms with Gasteiger partial charge in [-0.3, -0.25) is 9.59 Å². The standard InChI is InChI=1S/C12H14FN3O2/c1-15-6-3-7-16(8-10(15)17)12(18)9-4-2-5-14-11(9)13/h2,4-5H,3,6-8H2,1H3. The van der Waals surface area contributed by atoms with E-state index in [0.29, 0.717) is 19.5 Å². The van der Waals surface area contributed by atoms with Gasteiger partial charge in [-0.25, -0.2) is 4.98 Å². The van der Waals surface area contributed by atoms with Gasteiger partial charge in [-0.15, -0.1) is 0 Å². The number of aromatic nitrogens is 1. The van der Waals surface area contributed by atoms with Gasteiger partial charge in [-0.1, -0.05) is 0 Å². The van der Waals surface area contributed by atoms with Crippen LogP contribution in [0.5, 0.6) is 0 Å². The zero-order chi connectivity index (χ0) is 13.1. The number of carbonyl (C=O) groups excluding carboxylic acids is 2. The van der Waals surface area contributed by atoms with Crippen molar-refractivity contribution in [1.82, 2.24) is 14.8 Å². The van der Waals surface area contributed by atoms with E-state index in [1.807, 2.05) is 0 Å². The van der Waals surface area contributed by atoms with Gasteiger partial charge in [0.1, 0.15) is 6.54 Å². The predicted octanol–water partition coefficient (Wildman–Crippen LogP) is 0.525. The maximum atomic E-state index is 13.4. The lowest BCUT2D eigenvalue weighted by atomic mass is 10.2. The lowest BCUT2D eigenvalue weighted by Gasteiger charge is -2.19. The normalized spacial score (nSPS) is 16.7. The van der Waals surface area contributed by atoms with Gasteiger partial charge in [-0.2, -0.15) is 4.39 Å². The van der Waals surface area contributed by atoms with E-state index in [9.17, 15) is 14.0 Å². The van der Waals surface area contributed by atoms with E-state index in [0.717, 1.165) is 0 Å². The molecular formula is C12H14FN3O2. The molecule has 18 heavy (non-hydrogen) atoms. The number of carbonyl (C=O) groups is 2. The summed E-state index contributed by atoms with van der Waals surface area (Å²) in [5, 5.41) is 0. The minimum absolute atomic E-state index is 0.0103. The van der Waals surface area contributed by atoms with Gasteiger partial charge in [0, 0.05) is 26.3 Å². The maximum Gasteiger partial charge on any atom is 0.258 e. The third-order valence-electron chi connectivity index (χ3n) is 2.95. The van der Waals surface area contributed by atoms with Crippen molar-refractivity contribution in [2.45, 2.75) is 6.42 Å². The first-order chi connectivity index (χ1) is 8.59. The van der Waals surface area contributed by atoms with Gasteiger partial charge in [-0.05, 0) is 18.6 Å². The summed E-state index contributed by atoms with van der Waals surface area (Å²) in [6.45, 7) is 1.05. The van der Waals surface area contributed by atoms with Gasteiger partial charge in [0.05, 0.1) is 5.56 Å². The van der Waals surface area contributed by atoms with Crippen LogP contribution in [0.2, 0.25) is 0 Å². The summed E-state index contributed by atoms with van der Waals surface area (Å²) in [5.41, 5.74) is -0.0881. The molecule has 0 bridgehead atoms. The van der Waals surface area contributed by atoms with Crippen molar-refractivity contribution in [3.05, 3.63) is 29.8 Å². The molecule has 1 saturated heterocycles. The van der Waals surface area contributed by atoms with E-state index in [1.165, 1.54) is 23.2 Å². The van der Waals surface area contributed by atoms with E-state index >= 15 is 0 Å². The molecule has 5 nitrogen and oxygen atoms in total. The first kappa shape index (κ1) is 12.5. The summed E-state index contributed by atoms with van der Waals surface area (Å²) in [6.07, 6.45) is 1.98. The number of hydrogen-bond donors (Lipinski definition) is 0. The summed E-state index contributed by atoms with van der Waals surface area (Å²) >= 11 is 0. The van der Waals surface area contributed by atoms with Crippen LogP contribution in [0.15, 0.2) is 18.3 Å². The predicted molar refractivity (Wildman–Crippen MR) is 62.4 cm³/mol. The van der Waals surface area contributed by atoms with E-state index < -0.39 is 11.9 Å². The van der Waals surface area contributed by atoms with Gasteiger partial charge in [0.15, 0.2) is 0 Å². The van der Waals surface area contributed by atoms with Crippen molar-refractivity contribution in [3.8, 4) is 0 Å². The fourth-order valence-corrected chi connectivity index (χ4v) is 1.88. The van der Waals surface area contributed by atoms with Crippen LogP contribution in [0.25, 0.3) is 0 Å². The Morgan fingerprint density at radius 2 is 2.22 bits per heavy atom. The Bertz CT molecular complexity index is 478. The second-order valence-corrected chi connectivity index (χ2v) is 4.24. The number of rotatable bonds is 1. The number of halogens is 1. The molecule has 1 aliphatic rings. The van der Waals surface area contributed by atoms with Crippen LogP contribution in [0.3, 0.4) is 0 Å². The Balaban J connectivity index is 2.19. The smallest absolute Gasteiger partial charge is 0.258 e. The Morgan fingerprint density at radius 3 is 2.94 bits per heavy atom. The molecule has 96 valence electrons. The molecule has 0 aliphatic carbocycles. The number of likely N-dealkylation sites (N-methyl/N-ethyl adjacent to an activating group) is 1. The number of nitrogens with zero attached hydrogens (tertiary/aromatic N) is 3. The molecular weight excluding hydrogens is 237 g/mol. The van der Waals surface area contributed by atoms with Crippen LogP contribution in [0.4, 0.5) is 4.39 Å². The fourth-order valence-electron chi connectivity index (χ4n) is 1.88. The average Bonchev–Trinajstić information content (AvgIpc) is 2.52. The quantitative estimate of drug-likeness (QED) is 0.684. The van der Waals surface area contributed by atoms with E-state index in [4.69, 9.17) is 0 Å². The van der Waals surface area contributed by atoms with Crippen LogP contribution >= 0.6 is 0 Å². The molecule has 1 fully saturated rings. The zero-order valence-corrected chi connectivity index (χ0v) is 10.1. The molecule has 1 aromatic rings. The van der Waals surface area contributed by atoms with Gasteiger partial charge in [0.25, 0.3) is 5.91 Å². The molecule has 2 amide bonds. The Labute approximate surface area is 104 Å². The maximum absolute atomic E-state index is 13.4. The Hall–Kier alpha value is -1.98. The first-order valence-corrected chi connectivity index (χ1v) is 5.73. The second-order valence-electron chi connectivity index (χ2n) is 4.24. The first-order valence-electron chi connectivity index (χ1n) is 5.73. The summed E-state index contributed by atoms with van der Waals surface area (Å²) < 4.78 is 13.4. The van der Waals surface area contributed by atoms with Gasteiger partial charge >= 0.3 is 0 Å². The summed E-state index contributed by atoms with van der Waals surface area (Å²) in [6, 6.07) is 2.88. The molecule has 0 atom stereocenters. The molecule has 1 aromatic heterocycles. The van der Waals surface area contributed by atoms with E-state index in [2.05, 4.69) is 4.98 Å². The highest BCUT2D eigenvalue weighted by molar-refractivity contribution is 5.96. The molecule has 6 heteroatoms. The van der Waals surface area contributed by atoms with Crippen LogP contribution in [-0.4, -0.2) is 53.3 Å². The fraction of sp³-hybridized carbons (Fsp3) is 0.417. The van der Waals surface area contributed by atoms with Crippen LogP contribution in [0.1, 0.15) is 16.8 Å². The Kier molecular flexibility index (Phi) is 3.55. The largest absolute Gasteiger partial charge is 0.344 e. The van der Waals surface area contributed by atoms with Crippen molar-refractivity contribution >= 4 is 11.8 Å². The summed E-state index contributed by atoms with van der Waals surface area (Å²) in [7, 11) is 1.70. The number of pyridine rings is 1. The minimum atomic E-state index is -0.799. The van der Waals surface area contributed by atoms with Crippen molar-refractivity contribution < 1.29 is 14.0 Å². The van der Waals surface area contributed by atoms with Gasteiger partial charge in [0.2, 0.25) is 11.9 Å². The highest BCUT2D eigenvalue weighted by Crippen LogP contribution is 2.10.